The molecule has 0 N–H and O–H groups in total. The van der Waals surface area contributed by atoms with Crippen LogP contribution in [-0.4, -0.2) is 17.3 Å². The minimum absolute atomic E-state index is 0.0222. The summed E-state index contributed by atoms with van der Waals surface area (Å²) in [6.45, 7) is 9.68. The van der Waals surface area contributed by atoms with E-state index in [4.69, 9.17) is 20.9 Å². The van der Waals surface area contributed by atoms with E-state index in [2.05, 4.69) is 6.92 Å². The molecule has 17 heavy (non-hydrogen) atoms. The van der Waals surface area contributed by atoms with Crippen LogP contribution in [0, 0.1) is 0 Å². The lowest BCUT2D eigenvalue weighted by Crippen LogP contribution is -2.07. The highest BCUT2D eigenvalue weighted by molar-refractivity contribution is 8.73. The molecule has 0 aromatic rings. The van der Waals surface area contributed by atoms with E-state index in [1.165, 1.54) is 0 Å². The van der Waals surface area contributed by atoms with Crippen LogP contribution in [0.3, 0.4) is 0 Å². The van der Waals surface area contributed by atoms with Gasteiger partial charge in [-0.2, -0.15) is 0 Å². The molecule has 0 aliphatic rings. The normalized spacial score (nSPS) is 12.4. The molecule has 0 saturated heterocycles. The van der Waals surface area contributed by atoms with Crippen LogP contribution in [0.5, 0.6) is 0 Å². The van der Waals surface area contributed by atoms with Crippen molar-refractivity contribution in [3.8, 4) is 0 Å². The average Bonchev–Trinajstić information content (AvgIpc) is 2.10. The summed E-state index contributed by atoms with van der Waals surface area (Å²) in [5.74, 6) is 0. The van der Waals surface area contributed by atoms with Crippen LogP contribution in [0.25, 0.3) is 0 Å². The quantitative estimate of drug-likeness (QED) is 0.616. The summed E-state index contributed by atoms with van der Waals surface area (Å²) in [7, 11) is 0. The molecule has 0 heterocycles. The van der Waals surface area contributed by atoms with Crippen molar-refractivity contribution >= 4 is 34.0 Å². The van der Waals surface area contributed by atoms with E-state index in [1.807, 2.05) is 27.7 Å². The number of unbranched alkanes of at least 4 members (excludes halogenated alkanes) is 1. The van der Waals surface area contributed by atoms with Crippen LogP contribution in [0.1, 0.15) is 53.9 Å². The topological polar surface area (TPSA) is 35.5 Å². The van der Waals surface area contributed by atoms with Gasteiger partial charge in [-0.3, -0.25) is 4.79 Å². The first-order chi connectivity index (χ1) is 7.79. The largest absolute Gasteiger partial charge is 0.319 e. The second kappa shape index (κ2) is 8.65. The van der Waals surface area contributed by atoms with Crippen LogP contribution < -0.4 is 0 Å². The van der Waals surface area contributed by atoms with E-state index in [-0.39, 0.29) is 17.3 Å². The van der Waals surface area contributed by atoms with Crippen LogP contribution in [0.4, 0.5) is 0 Å². The lowest BCUT2D eigenvalue weighted by atomic mass is 10.3. The van der Waals surface area contributed by atoms with Gasteiger partial charge in [-0.25, -0.2) is 0 Å². The van der Waals surface area contributed by atoms with Crippen molar-refractivity contribution in [2.45, 2.75) is 66.1 Å². The SMILES string of the molecule is CCCCC(=O)SP(=S)(OC(C)C)OC(C)C. The Morgan fingerprint density at radius 1 is 1.24 bits per heavy atom. The maximum absolute atomic E-state index is 11.7. The molecule has 0 amide bonds. The van der Waals surface area contributed by atoms with Gasteiger partial charge in [0.05, 0.1) is 12.2 Å². The predicted molar refractivity (Wildman–Crippen MR) is 78.9 cm³/mol. The summed E-state index contributed by atoms with van der Waals surface area (Å²) in [6.07, 6.45) is 2.40. The molecule has 3 nitrogen and oxygen atoms in total. The summed E-state index contributed by atoms with van der Waals surface area (Å²) in [5.41, 5.74) is -2.53. The summed E-state index contributed by atoms with van der Waals surface area (Å²) >= 11 is 6.48. The Kier molecular flexibility index (Phi) is 8.95. The summed E-state index contributed by atoms with van der Waals surface area (Å²) in [4.78, 5) is 11.7. The molecule has 0 radical (unpaired) electrons. The second-order valence-electron chi connectivity index (χ2n) is 4.32. The number of carbonyl (C=O) groups is 1. The van der Waals surface area contributed by atoms with Gasteiger partial charge in [0.1, 0.15) is 0 Å². The lowest BCUT2D eigenvalue weighted by Gasteiger charge is -2.24. The van der Waals surface area contributed by atoms with Crippen LogP contribution in [0.2, 0.25) is 0 Å². The maximum atomic E-state index is 11.7. The maximum Gasteiger partial charge on any atom is 0.255 e. The molecule has 0 aliphatic heterocycles. The van der Waals surface area contributed by atoms with Crippen molar-refractivity contribution in [1.82, 2.24) is 0 Å². The fourth-order valence-electron chi connectivity index (χ4n) is 1.08. The molecule has 6 heteroatoms. The van der Waals surface area contributed by atoms with Crippen molar-refractivity contribution < 1.29 is 13.8 Å². The molecule has 0 saturated carbocycles. The monoisotopic (exact) mass is 298 g/mol. The van der Waals surface area contributed by atoms with Crippen molar-refractivity contribution in [3.63, 3.8) is 0 Å². The Labute approximate surface area is 114 Å². The fraction of sp³-hybridized carbons (Fsp3) is 0.909. The summed E-state index contributed by atoms with van der Waals surface area (Å²) in [6, 6.07) is 0. The molecule has 0 atom stereocenters. The first-order valence-electron chi connectivity index (χ1n) is 5.98. The fourth-order valence-corrected chi connectivity index (χ4v) is 6.82. The summed E-state index contributed by atoms with van der Waals surface area (Å²) in [5, 5.41) is 0.0801. The molecule has 0 spiro atoms. The Morgan fingerprint density at radius 3 is 2.06 bits per heavy atom. The van der Waals surface area contributed by atoms with E-state index in [0.29, 0.717) is 6.42 Å². The Bertz CT molecular complexity index is 266. The third-order valence-corrected chi connectivity index (χ3v) is 6.60. The minimum Gasteiger partial charge on any atom is -0.319 e. The van der Waals surface area contributed by atoms with Crippen LogP contribution in [-0.2, 0) is 25.6 Å². The minimum atomic E-state index is -2.53. The predicted octanol–water partition coefficient (Wildman–Crippen LogP) is 4.51. The van der Waals surface area contributed by atoms with Gasteiger partial charge in [-0.15, -0.1) is 0 Å². The molecule has 0 fully saturated rings. The lowest BCUT2D eigenvalue weighted by molar-refractivity contribution is -0.110. The van der Waals surface area contributed by atoms with Gasteiger partial charge < -0.3 is 9.05 Å². The number of carbonyl (C=O) groups excluding carboxylic acids is 1. The van der Waals surface area contributed by atoms with Gasteiger partial charge in [0.2, 0.25) is 0 Å². The Morgan fingerprint density at radius 2 is 1.71 bits per heavy atom. The van der Waals surface area contributed by atoms with E-state index >= 15 is 0 Å². The third kappa shape index (κ3) is 9.20. The average molecular weight is 298 g/mol. The molecular weight excluding hydrogens is 275 g/mol. The van der Waals surface area contributed by atoms with E-state index in [0.717, 1.165) is 24.2 Å². The third-order valence-electron chi connectivity index (χ3n) is 1.63. The van der Waals surface area contributed by atoms with Gasteiger partial charge in [0.15, 0.2) is 5.12 Å². The molecule has 0 unspecified atom stereocenters. The van der Waals surface area contributed by atoms with Crippen molar-refractivity contribution in [2.24, 2.45) is 0 Å². The summed E-state index contributed by atoms with van der Waals surface area (Å²) < 4.78 is 11.3. The Balaban J connectivity index is 4.47. The number of hydrogen-bond acceptors (Lipinski definition) is 5. The Hall–Kier alpha value is 0.590. The van der Waals surface area contributed by atoms with Crippen LogP contribution in [0.15, 0.2) is 0 Å². The standard InChI is InChI=1S/C11H23O3PS2/c1-6-7-8-11(12)17-15(16,13-9(2)3)14-10(4)5/h9-10H,6-8H2,1-5H3. The first-order valence-corrected chi connectivity index (χ1v) is 10.0. The zero-order valence-electron chi connectivity index (χ0n) is 11.3. The van der Waals surface area contributed by atoms with Gasteiger partial charge in [-0.1, -0.05) is 13.3 Å². The molecule has 102 valence electrons. The highest BCUT2D eigenvalue weighted by atomic mass is 32.9. The van der Waals surface area contributed by atoms with Gasteiger partial charge >= 0.3 is 0 Å². The van der Waals surface area contributed by atoms with Crippen molar-refractivity contribution in [1.29, 1.82) is 0 Å². The first kappa shape index (κ1) is 17.6. The number of hydrogen-bond donors (Lipinski definition) is 0. The molecule has 0 bridgehead atoms. The highest BCUT2D eigenvalue weighted by Gasteiger charge is 2.26. The molecular formula is C11H23O3PS2. The molecule has 0 aliphatic carbocycles. The second-order valence-corrected chi connectivity index (χ2v) is 10.4. The van der Waals surface area contributed by atoms with Gasteiger partial charge in [-0.05, 0) is 45.9 Å². The van der Waals surface area contributed by atoms with Crippen molar-refractivity contribution in [3.05, 3.63) is 0 Å². The van der Waals surface area contributed by atoms with Gasteiger partial charge in [0.25, 0.3) is 5.69 Å². The van der Waals surface area contributed by atoms with Crippen molar-refractivity contribution in [2.75, 3.05) is 0 Å². The van der Waals surface area contributed by atoms with Gasteiger partial charge in [0, 0.05) is 17.8 Å². The molecule has 0 aromatic carbocycles. The highest BCUT2D eigenvalue weighted by Crippen LogP contribution is 2.63. The van der Waals surface area contributed by atoms with Crippen LogP contribution >= 0.6 is 17.1 Å². The molecule has 0 rings (SSSR count). The van der Waals surface area contributed by atoms with E-state index in [1.54, 1.807) is 0 Å². The zero-order valence-corrected chi connectivity index (χ0v) is 13.8. The molecule has 0 aromatic heterocycles. The smallest absolute Gasteiger partial charge is 0.255 e. The zero-order chi connectivity index (χ0) is 13.5. The van der Waals surface area contributed by atoms with E-state index < -0.39 is 5.69 Å². The number of rotatable bonds is 8. The van der Waals surface area contributed by atoms with E-state index in [9.17, 15) is 4.79 Å².